The molecule has 0 aromatic heterocycles. The molecule has 0 spiro atoms. The van der Waals surface area contributed by atoms with Crippen molar-refractivity contribution in [2.45, 2.75) is 90.5 Å². The molecule has 2 N–H and O–H groups in total. The van der Waals surface area contributed by atoms with Crippen LogP contribution in [0.4, 0.5) is 0 Å². The van der Waals surface area contributed by atoms with Crippen molar-refractivity contribution in [3.63, 3.8) is 0 Å². The summed E-state index contributed by atoms with van der Waals surface area (Å²) in [5.74, 6) is 0. The van der Waals surface area contributed by atoms with Gasteiger partial charge in [0.05, 0.1) is 0 Å². The van der Waals surface area contributed by atoms with Gasteiger partial charge in [-0.25, -0.2) is 0 Å². The highest BCUT2D eigenvalue weighted by atomic mass is 14.8. The predicted octanol–water partition coefficient (Wildman–Crippen LogP) is 4.64. The molecule has 0 saturated heterocycles. The van der Waals surface area contributed by atoms with E-state index in [1.807, 2.05) is 0 Å². The highest BCUT2D eigenvalue weighted by Crippen LogP contribution is 2.44. The Balaban J connectivity index is 2.09. The molecule has 1 rings (SSSR count). The lowest BCUT2D eigenvalue weighted by atomic mass is 9.85. The van der Waals surface area contributed by atoms with E-state index in [0.717, 1.165) is 0 Å². The van der Waals surface area contributed by atoms with Crippen LogP contribution >= 0.6 is 0 Å². The number of rotatable bonds is 7. The Morgan fingerprint density at radius 1 is 0.938 bits per heavy atom. The Kier molecular flexibility index (Phi) is 5.30. The molecular weight excluding hydrogens is 194 g/mol. The van der Waals surface area contributed by atoms with Crippen molar-refractivity contribution >= 4 is 0 Å². The normalized spacial score (nSPS) is 28.5. The maximum atomic E-state index is 6.48. The molecule has 1 aliphatic rings. The summed E-state index contributed by atoms with van der Waals surface area (Å²) in [4.78, 5) is 0. The van der Waals surface area contributed by atoms with Crippen molar-refractivity contribution in [1.29, 1.82) is 0 Å². The molecule has 0 aromatic rings. The third-order valence-electron chi connectivity index (χ3n) is 4.16. The van der Waals surface area contributed by atoms with Gasteiger partial charge in [-0.1, -0.05) is 59.3 Å². The van der Waals surface area contributed by atoms with Crippen LogP contribution in [0.1, 0.15) is 85.0 Å². The third-order valence-corrected chi connectivity index (χ3v) is 4.16. The molecule has 1 atom stereocenters. The Hall–Kier alpha value is -0.0400. The van der Waals surface area contributed by atoms with Crippen molar-refractivity contribution in [2.24, 2.45) is 11.1 Å². The van der Waals surface area contributed by atoms with E-state index in [-0.39, 0.29) is 5.54 Å². The molecule has 0 heterocycles. The minimum atomic E-state index is 0.175. The van der Waals surface area contributed by atoms with E-state index in [0.29, 0.717) is 5.41 Å². The summed E-state index contributed by atoms with van der Waals surface area (Å²) in [6.45, 7) is 7.00. The zero-order valence-corrected chi connectivity index (χ0v) is 11.6. The molecule has 1 aliphatic carbocycles. The number of nitrogens with two attached hydrogens (primary N) is 1. The van der Waals surface area contributed by atoms with Gasteiger partial charge in [-0.15, -0.1) is 0 Å². The summed E-state index contributed by atoms with van der Waals surface area (Å²) in [6, 6.07) is 0. The maximum absolute atomic E-state index is 6.48. The summed E-state index contributed by atoms with van der Waals surface area (Å²) < 4.78 is 0. The summed E-state index contributed by atoms with van der Waals surface area (Å²) in [7, 11) is 0. The first-order valence-electron chi connectivity index (χ1n) is 7.26. The van der Waals surface area contributed by atoms with Crippen LogP contribution < -0.4 is 5.73 Å². The largest absolute Gasteiger partial charge is 0.325 e. The molecule has 1 unspecified atom stereocenters. The molecular formula is C15H31N. The molecule has 96 valence electrons. The zero-order chi connectivity index (χ0) is 12.1. The van der Waals surface area contributed by atoms with Crippen molar-refractivity contribution in [1.82, 2.24) is 0 Å². The van der Waals surface area contributed by atoms with Crippen LogP contribution in [0.5, 0.6) is 0 Å². The minimum Gasteiger partial charge on any atom is -0.325 e. The van der Waals surface area contributed by atoms with Crippen LogP contribution in [-0.2, 0) is 0 Å². The Morgan fingerprint density at radius 2 is 1.56 bits per heavy atom. The van der Waals surface area contributed by atoms with Crippen molar-refractivity contribution in [3.05, 3.63) is 0 Å². The van der Waals surface area contributed by atoms with Gasteiger partial charge < -0.3 is 5.73 Å². The van der Waals surface area contributed by atoms with Gasteiger partial charge in [-0.05, 0) is 31.1 Å². The Labute approximate surface area is 102 Å². The van der Waals surface area contributed by atoms with Gasteiger partial charge in [0.25, 0.3) is 0 Å². The van der Waals surface area contributed by atoms with E-state index in [9.17, 15) is 0 Å². The van der Waals surface area contributed by atoms with Gasteiger partial charge in [0.1, 0.15) is 0 Å². The van der Waals surface area contributed by atoms with Gasteiger partial charge in [0, 0.05) is 5.54 Å². The van der Waals surface area contributed by atoms with Gasteiger partial charge >= 0.3 is 0 Å². The molecule has 1 nitrogen and oxygen atoms in total. The topological polar surface area (TPSA) is 26.0 Å². The molecule has 1 heteroatoms. The second-order valence-corrected chi connectivity index (χ2v) is 6.72. The highest BCUT2D eigenvalue weighted by Gasteiger charge is 2.39. The zero-order valence-electron chi connectivity index (χ0n) is 11.6. The van der Waals surface area contributed by atoms with Crippen LogP contribution in [0.2, 0.25) is 0 Å². The average Bonchev–Trinajstić information content (AvgIpc) is 2.47. The predicted molar refractivity (Wildman–Crippen MR) is 72.5 cm³/mol. The third kappa shape index (κ3) is 4.86. The minimum absolute atomic E-state index is 0.175. The average molecular weight is 225 g/mol. The number of hydrogen-bond donors (Lipinski definition) is 1. The van der Waals surface area contributed by atoms with Gasteiger partial charge in [-0.3, -0.25) is 0 Å². The molecule has 0 radical (unpaired) electrons. The molecule has 0 aliphatic heterocycles. The summed E-state index contributed by atoms with van der Waals surface area (Å²) in [6.07, 6.45) is 13.4. The molecule has 1 fully saturated rings. The lowest BCUT2D eigenvalue weighted by molar-refractivity contribution is 0.316. The Morgan fingerprint density at radius 3 is 2.12 bits per heavy atom. The Bertz CT molecular complexity index is 198. The number of unbranched alkanes of at least 4 members (excludes halogenated alkanes) is 5. The molecule has 1 saturated carbocycles. The first-order chi connectivity index (χ1) is 7.47. The smallest absolute Gasteiger partial charge is 0.0159 e. The van der Waals surface area contributed by atoms with Crippen LogP contribution in [-0.4, -0.2) is 5.54 Å². The van der Waals surface area contributed by atoms with Crippen molar-refractivity contribution < 1.29 is 0 Å². The van der Waals surface area contributed by atoms with Crippen LogP contribution in [0, 0.1) is 5.41 Å². The lowest BCUT2D eigenvalue weighted by Crippen LogP contribution is -2.37. The first-order valence-corrected chi connectivity index (χ1v) is 7.26. The van der Waals surface area contributed by atoms with Gasteiger partial charge in [0.15, 0.2) is 0 Å². The summed E-state index contributed by atoms with van der Waals surface area (Å²) in [5, 5.41) is 0. The standard InChI is InChI=1S/C15H31N/c1-4-5-6-7-8-9-10-15(16)12-11-14(2,3)13-15/h4-13,16H2,1-3H3. The fraction of sp³-hybridized carbons (Fsp3) is 1.00. The fourth-order valence-electron chi connectivity index (χ4n) is 3.19. The molecule has 0 amide bonds. The fourth-order valence-corrected chi connectivity index (χ4v) is 3.19. The SMILES string of the molecule is CCCCCCCCC1(N)CCC(C)(C)C1. The monoisotopic (exact) mass is 225 g/mol. The van der Waals surface area contributed by atoms with E-state index < -0.39 is 0 Å². The van der Waals surface area contributed by atoms with Crippen molar-refractivity contribution in [2.75, 3.05) is 0 Å². The molecule has 16 heavy (non-hydrogen) atoms. The first kappa shape index (κ1) is 14.0. The second kappa shape index (κ2) is 6.05. The van der Waals surface area contributed by atoms with Gasteiger partial charge in [-0.2, -0.15) is 0 Å². The van der Waals surface area contributed by atoms with E-state index in [1.54, 1.807) is 0 Å². The lowest BCUT2D eigenvalue weighted by Gasteiger charge is -2.26. The number of hydrogen-bond acceptors (Lipinski definition) is 1. The quantitative estimate of drug-likeness (QED) is 0.627. The molecule has 0 bridgehead atoms. The van der Waals surface area contributed by atoms with E-state index in [2.05, 4.69) is 20.8 Å². The van der Waals surface area contributed by atoms with Crippen LogP contribution in [0.15, 0.2) is 0 Å². The summed E-state index contributed by atoms with van der Waals surface area (Å²) in [5.41, 5.74) is 7.15. The molecule has 0 aromatic carbocycles. The maximum Gasteiger partial charge on any atom is 0.0159 e. The van der Waals surface area contributed by atoms with Crippen molar-refractivity contribution in [3.8, 4) is 0 Å². The van der Waals surface area contributed by atoms with E-state index in [4.69, 9.17) is 5.73 Å². The van der Waals surface area contributed by atoms with Gasteiger partial charge in [0.2, 0.25) is 0 Å². The van der Waals surface area contributed by atoms with E-state index >= 15 is 0 Å². The summed E-state index contributed by atoms with van der Waals surface area (Å²) >= 11 is 0. The highest BCUT2D eigenvalue weighted by molar-refractivity contribution is 4.97. The van der Waals surface area contributed by atoms with Crippen LogP contribution in [0.25, 0.3) is 0 Å². The second-order valence-electron chi connectivity index (χ2n) is 6.72. The van der Waals surface area contributed by atoms with Crippen LogP contribution in [0.3, 0.4) is 0 Å². The van der Waals surface area contributed by atoms with E-state index in [1.165, 1.54) is 64.2 Å².